The molecule has 0 heterocycles. The van der Waals surface area contributed by atoms with Gasteiger partial charge in [0.1, 0.15) is 17.2 Å². The first-order valence-corrected chi connectivity index (χ1v) is 7.52. The van der Waals surface area contributed by atoms with Crippen LogP contribution >= 0.6 is 23.2 Å². The molecule has 0 unspecified atom stereocenters. The molecule has 0 atom stereocenters. The van der Waals surface area contributed by atoms with Gasteiger partial charge in [-0.1, -0.05) is 23.2 Å². The number of ether oxygens (including phenoxy) is 2. The molecule has 0 radical (unpaired) electrons. The monoisotopic (exact) mass is 368 g/mol. The van der Waals surface area contributed by atoms with Gasteiger partial charge in [0, 0.05) is 10.6 Å². The Balaban J connectivity index is 1.89. The third-order valence-electron chi connectivity index (χ3n) is 2.88. The van der Waals surface area contributed by atoms with Gasteiger partial charge < -0.3 is 14.6 Å². The number of hydrogen-bond acceptors (Lipinski definition) is 5. The Hall–Kier alpha value is -2.44. The van der Waals surface area contributed by atoms with Crippen molar-refractivity contribution in [1.82, 2.24) is 5.43 Å². The van der Waals surface area contributed by atoms with E-state index in [2.05, 4.69) is 10.5 Å². The van der Waals surface area contributed by atoms with Crippen LogP contribution < -0.4 is 14.9 Å². The van der Waals surface area contributed by atoms with Crippen molar-refractivity contribution >= 4 is 35.3 Å². The quantitative estimate of drug-likeness (QED) is 0.605. The number of hydrogen-bond donors (Lipinski definition) is 2. The van der Waals surface area contributed by atoms with E-state index in [1.165, 1.54) is 25.5 Å². The van der Waals surface area contributed by atoms with E-state index in [0.29, 0.717) is 27.1 Å². The molecule has 0 saturated heterocycles. The maximum absolute atomic E-state index is 11.7. The largest absolute Gasteiger partial charge is 0.507 e. The SMILES string of the molecule is COc1ccc(O)c(/C=N/NC(=O)COc2ccc(Cl)cc2Cl)c1. The van der Waals surface area contributed by atoms with E-state index >= 15 is 0 Å². The molecule has 126 valence electrons. The molecule has 8 heteroatoms. The summed E-state index contributed by atoms with van der Waals surface area (Å²) >= 11 is 11.7. The van der Waals surface area contributed by atoms with Crippen LogP contribution in [0.5, 0.6) is 17.2 Å². The van der Waals surface area contributed by atoms with E-state index in [0.717, 1.165) is 0 Å². The number of rotatable bonds is 6. The first-order valence-electron chi connectivity index (χ1n) is 6.76. The van der Waals surface area contributed by atoms with Crippen LogP contribution in [0.2, 0.25) is 10.0 Å². The van der Waals surface area contributed by atoms with Crippen molar-refractivity contribution in [1.29, 1.82) is 0 Å². The maximum Gasteiger partial charge on any atom is 0.277 e. The molecule has 0 saturated carbocycles. The molecule has 0 spiro atoms. The molecule has 0 fully saturated rings. The van der Waals surface area contributed by atoms with Gasteiger partial charge in [-0.15, -0.1) is 0 Å². The molecular formula is C16H14Cl2N2O4. The zero-order valence-electron chi connectivity index (χ0n) is 12.6. The predicted molar refractivity (Wildman–Crippen MR) is 92.4 cm³/mol. The molecule has 1 amide bonds. The molecule has 2 aromatic rings. The van der Waals surface area contributed by atoms with E-state index in [1.54, 1.807) is 24.3 Å². The lowest BCUT2D eigenvalue weighted by Gasteiger charge is -2.07. The first kappa shape index (κ1) is 17.9. The van der Waals surface area contributed by atoms with Gasteiger partial charge in [-0.2, -0.15) is 5.10 Å². The fourth-order valence-corrected chi connectivity index (χ4v) is 2.17. The van der Waals surface area contributed by atoms with Crippen LogP contribution in [-0.2, 0) is 4.79 Å². The van der Waals surface area contributed by atoms with Crippen molar-refractivity contribution in [3.05, 3.63) is 52.0 Å². The lowest BCUT2D eigenvalue weighted by molar-refractivity contribution is -0.123. The standard InChI is InChI=1S/C16H14Cl2N2O4/c1-23-12-3-4-14(21)10(6-12)8-19-20-16(22)9-24-15-5-2-11(17)7-13(15)18/h2-8,21H,9H2,1H3,(H,20,22)/b19-8+. The molecule has 24 heavy (non-hydrogen) atoms. The van der Waals surface area contributed by atoms with Crippen LogP contribution in [0.3, 0.4) is 0 Å². The number of carbonyl (C=O) groups is 1. The summed E-state index contributed by atoms with van der Waals surface area (Å²) in [6.07, 6.45) is 1.30. The number of amides is 1. The highest BCUT2D eigenvalue weighted by molar-refractivity contribution is 6.35. The van der Waals surface area contributed by atoms with Crippen LogP contribution in [0.25, 0.3) is 0 Å². The van der Waals surface area contributed by atoms with E-state index in [9.17, 15) is 9.90 Å². The molecule has 0 bridgehead atoms. The van der Waals surface area contributed by atoms with Gasteiger partial charge in [0.15, 0.2) is 6.61 Å². The topological polar surface area (TPSA) is 80.2 Å². The fourth-order valence-electron chi connectivity index (χ4n) is 1.70. The first-order chi connectivity index (χ1) is 11.5. The van der Waals surface area contributed by atoms with Crippen molar-refractivity contribution in [3.8, 4) is 17.2 Å². The fraction of sp³-hybridized carbons (Fsp3) is 0.125. The van der Waals surface area contributed by atoms with Gasteiger partial charge in [0.2, 0.25) is 0 Å². The van der Waals surface area contributed by atoms with Crippen molar-refractivity contribution < 1.29 is 19.4 Å². The van der Waals surface area contributed by atoms with E-state index in [1.807, 2.05) is 0 Å². The molecule has 6 nitrogen and oxygen atoms in total. The number of nitrogens with one attached hydrogen (secondary N) is 1. The number of aromatic hydroxyl groups is 1. The molecule has 0 aliphatic heterocycles. The smallest absolute Gasteiger partial charge is 0.277 e. The third-order valence-corrected chi connectivity index (χ3v) is 3.41. The lowest BCUT2D eigenvalue weighted by Crippen LogP contribution is -2.24. The average Bonchev–Trinajstić information content (AvgIpc) is 2.55. The van der Waals surface area contributed by atoms with Crippen molar-refractivity contribution in [3.63, 3.8) is 0 Å². The van der Waals surface area contributed by atoms with E-state index in [4.69, 9.17) is 32.7 Å². The van der Waals surface area contributed by atoms with Gasteiger partial charge in [-0.25, -0.2) is 5.43 Å². The molecule has 2 N–H and O–H groups in total. The minimum atomic E-state index is -0.486. The summed E-state index contributed by atoms with van der Waals surface area (Å²) in [5.74, 6) is 0.421. The number of methoxy groups -OCH3 is 1. The van der Waals surface area contributed by atoms with Crippen molar-refractivity contribution in [2.45, 2.75) is 0 Å². The third kappa shape index (κ3) is 5.04. The average molecular weight is 369 g/mol. The number of halogens is 2. The Morgan fingerprint density at radius 3 is 2.79 bits per heavy atom. The van der Waals surface area contributed by atoms with Gasteiger partial charge in [-0.05, 0) is 36.4 Å². The molecule has 2 rings (SSSR count). The Morgan fingerprint density at radius 2 is 2.08 bits per heavy atom. The molecule has 0 aliphatic rings. The number of hydrazone groups is 1. The second kappa shape index (κ2) is 8.42. The Bertz CT molecular complexity index is 766. The highest BCUT2D eigenvalue weighted by atomic mass is 35.5. The van der Waals surface area contributed by atoms with Gasteiger partial charge in [-0.3, -0.25) is 4.79 Å². The summed E-state index contributed by atoms with van der Waals surface area (Å²) in [5.41, 5.74) is 2.68. The Morgan fingerprint density at radius 1 is 1.29 bits per heavy atom. The van der Waals surface area contributed by atoms with Crippen molar-refractivity contribution in [2.24, 2.45) is 5.10 Å². The second-order valence-corrected chi connectivity index (χ2v) is 5.42. The molecule has 2 aromatic carbocycles. The van der Waals surface area contributed by atoms with Crippen LogP contribution in [0, 0.1) is 0 Å². The van der Waals surface area contributed by atoms with Crippen LogP contribution in [0.1, 0.15) is 5.56 Å². The molecule has 0 aromatic heterocycles. The maximum atomic E-state index is 11.7. The number of nitrogens with zero attached hydrogens (tertiary/aromatic N) is 1. The van der Waals surface area contributed by atoms with E-state index in [-0.39, 0.29) is 12.4 Å². The Labute approximate surface area is 148 Å². The summed E-state index contributed by atoms with van der Waals surface area (Å²) in [6, 6.07) is 9.33. The van der Waals surface area contributed by atoms with Crippen molar-refractivity contribution in [2.75, 3.05) is 13.7 Å². The summed E-state index contributed by atoms with van der Waals surface area (Å²) in [4.78, 5) is 11.7. The number of benzene rings is 2. The van der Waals surface area contributed by atoms with Gasteiger partial charge >= 0.3 is 0 Å². The van der Waals surface area contributed by atoms with Gasteiger partial charge in [0.05, 0.1) is 18.3 Å². The number of phenolic OH excluding ortho intramolecular Hbond substituents is 1. The normalized spacial score (nSPS) is 10.6. The Kier molecular flexibility index (Phi) is 6.28. The molecular weight excluding hydrogens is 355 g/mol. The number of phenols is 1. The minimum absolute atomic E-state index is 0.0120. The summed E-state index contributed by atoms with van der Waals surface area (Å²) in [6.45, 7) is -0.275. The predicted octanol–water partition coefficient (Wildman–Crippen LogP) is 3.24. The minimum Gasteiger partial charge on any atom is -0.507 e. The highest BCUT2D eigenvalue weighted by Crippen LogP contribution is 2.27. The highest BCUT2D eigenvalue weighted by Gasteiger charge is 2.06. The zero-order valence-corrected chi connectivity index (χ0v) is 14.1. The van der Waals surface area contributed by atoms with E-state index < -0.39 is 5.91 Å². The summed E-state index contributed by atoms with van der Waals surface area (Å²) in [7, 11) is 1.51. The molecule has 0 aliphatic carbocycles. The number of carbonyl (C=O) groups excluding carboxylic acids is 1. The van der Waals surface area contributed by atoms with Gasteiger partial charge in [0.25, 0.3) is 5.91 Å². The summed E-state index contributed by atoms with van der Waals surface area (Å²) < 4.78 is 10.3. The lowest BCUT2D eigenvalue weighted by atomic mass is 10.2. The van der Waals surface area contributed by atoms with Crippen LogP contribution in [0.15, 0.2) is 41.5 Å². The zero-order chi connectivity index (χ0) is 17.5. The second-order valence-electron chi connectivity index (χ2n) is 4.58. The van der Waals surface area contributed by atoms with Crippen LogP contribution in [0.4, 0.5) is 0 Å². The summed E-state index contributed by atoms with van der Waals surface area (Å²) in [5, 5.41) is 14.2. The van der Waals surface area contributed by atoms with Crippen LogP contribution in [-0.4, -0.2) is 30.9 Å².